The minimum absolute atomic E-state index is 0.293. The minimum Gasteiger partial charge on any atom is -0.391 e. The molecule has 0 aliphatic carbocycles. The maximum Gasteiger partial charge on any atom is 0.274 e. The Balaban J connectivity index is 1.31. The average molecular weight is 526 g/mol. The first-order chi connectivity index (χ1) is 18.0. The van der Waals surface area contributed by atoms with Crippen molar-refractivity contribution in [2.45, 2.75) is 31.5 Å². The summed E-state index contributed by atoms with van der Waals surface area (Å²) in [7, 11) is 0. The van der Waals surface area contributed by atoms with Crippen LogP contribution in [0, 0.1) is 0 Å². The molecule has 0 radical (unpaired) electrons. The Morgan fingerprint density at radius 2 is 1.78 bits per heavy atom. The van der Waals surface area contributed by atoms with Gasteiger partial charge in [0.2, 0.25) is 0 Å². The van der Waals surface area contributed by atoms with Gasteiger partial charge >= 0.3 is 0 Å². The number of pyridine rings is 2. The molecule has 0 aromatic carbocycles. The van der Waals surface area contributed by atoms with Crippen LogP contribution in [-0.4, -0.2) is 95.8 Å². The Kier molecular flexibility index (Phi) is 6.80. The molecule has 6 rings (SSSR count). The number of β-amino-alcohol motifs (C(OH)–C–C–N with tert-alkyl or cyclic N) is 2. The fraction of sp³-hybridized carbons (Fsp3) is 0.520. The zero-order chi connectivity index (χ0) is 25.4. The molecule has 3 aromatic rings. The van der Waals surface area contributed by atoms with Gasteiger partial charge in [-0.15, -0.1) is 0 Å². The number of ether oxygens (including phenoxy) is 1. The van der Waals surface area contributed by atoms with E-state index >= 15 is 0 Å². The van der Waals surface area contributed by atoms with Gasteiger partial charge in [0.25, 0.3) is 5.91 Å². The lowest BCUT2D eigenvalue weighted by atomic mass is 10.1. The molecule has 3 aromatic heterocycles. The van der Waals surface area contributed by atoms with Crippen molar-refractivity contribution in [3.05, 3.63) is 30.0 Å². The Labute approximate surface area is 218 Å². The van der Waals surface area contributed by atoms with E-state index in [0.717, 1.165) is 42.3 Å². The van der Waals surface area contributed by atoms with Crippen LogP contribution in [-0.2, 0) is 4.74 Å². The molecule has 3 aliphatic heterocycles. The van der Waals surface area contributed by atoms with E-state index in [1.807, 2.05) is 28.0 Å². The summed E-state index contributed by atoms with van der Waals surface area (Å²) in [4.78, 5) is 33.8. The first kappa shape index (κ1) is 24.3. The highest BCUT2D eigenvalue weighted by molar-refractivity contribution is 7.22. The van der Waals surface area contributed by atoms with Crippen LogP contribution in [0.25, 0.3) is 10.3 Å². The monoisotopic (exact) mass is 525 g/mol. The molecule has 1 amide bonds. The van der Waals surface area contributed by atoms with Gasteiger partial charge in [0.15, 0.2) is 16.6 Å². The maximum absolute atomic E-state index is 13.4. The number of carbonyl (C=O) groups is 1. The summed E-state index contributed by atoms with van der Waals surface area (Å²) in [6, 6.07) is 7.28. The zero-order valence-corrected chi connectivity index (χ0v) is 21.4. The summed E-state index contributed by atoms with van der Waals surface area (Å²) in [5, 5.41) is 24.1. The number of morpholine rings is 1. The third-order valence-electron chi connectivity index (χ3n) is 7.03. The maximum atomic E-state index is 13.4. The molecular weight excluding hydrogens is 494 g/mol. The Morgan fingerprint density at radius 3 is 2.57 bits per heavy atom. The SMILES string of the molecule is O=C(Nc1cc2sc(N3CCOCC3)nc2nc1N1CCC[C@@H](O)C1)c1cccc(N2CC[C@H](O)C2)n1. The number of fused-ring (bicyclic) bond motifs is 1. The summed E-state index contributed by atoms with van der Waals surface area (Å²) in [6.07, 6.45) is 1.47. The van der Waals surface area contributed by atoms with Gasteiger partial charge in [0.05, 0.1) is 35.8 Å². The highest BCUT2D eigenvalue weighted by Gasteiger charge is 2.26. The first-order valence-corrected chi connectivity index (χ1v) is 13.6. The van der Waals surface area contributed by atoms with Gasteiger partial charge in [0, 0.05) is 39.3 Å². The molecule has 3 N–H and O–H groups in total. The van der Waals surface area contributed by atoms with Crippen LogP contribution < -0.4 is 20.0 Å². The third kappa shape index (κ3) is 5.19. The van der Waals surface area contributed by atoms with E-state index in [4.69, 9.17) is 14.7 Å². The molecule has 2 atom stereocenters. The van der Waals surface area contributed by atoms with Crippen molar-refractivity contribution in [3.63, 3.8) is 0 Å². The summed E-state index contributed by atoms with van der Waals surface area (Å²) in [5.74, 6) is 0.950. The lowest BCUT2D eigenvalue weighted by Gasteiger charge is -2.32. The fourth-order valence-corrected chi connectivity index (χ4v) is 6.07. The van der Waals surface area contributed by atoms with Gasteiger partial charge in [-0.3, -0.25) is 4.79 Å². The number of amides is 1. The number of nitrogens with one attached hydrogen (secondary N) is 1. The highest BCUT2D eigenvalue weighted by Crippen LogP contribution is 2.35. The molecule has 6 heterocycles. The van der Waals surface area contributed by atoms with E-state index in [1.54, 1.807) is 17.4 Å². The normalized spacial score (nSPS) is 22.6. The number of aromatic nitrogens is 3. The number of thiazole rings is 1. The Morgan fingerprint density at radius 1 is 0.973 bits per heavy atom. The number of hydrogen-bond donors (Lipinski definition) is 3. The smallest absolute Gasteiger partial charge is 0.274 e. The number of piperidine rings is 1. The number of carbonyl (C=O) groups excluding carboxylic acids is 1. The topological polar surface area (TPSA) is 127 Å². The van der Waals surface area contributed by atoms with Crippen molar-refractivity contribution in [2.75, 3.05) is 72.5 Å². The number of anilines is 4. The van der Waals surface area contributed by atoms with Crippen molar-refractivity contribution in [1.82, 2.24) is 15.0 Å². The zero-order valence-electron chi connectivity index (χ0n) is 20.5. The highest BCUT2D eigenvalue weighted by atomic mass is 32.1. The van der Waals surface area contributed by atoms with Gasteiger partial charge in [-0.2, -0.15) is 4.98 Å². The van der Waals surface area contributed by atoms with Gasteiger partial charge < -0.3 is 35.0 Å². The lowest BCUT2D eigenvalue weighted by molar-refractivity contribution is 0.102. The van der Waals surface area contributed by atoms with Gasteiger partial charge in [0.1, 0.15) is 11.5 Å². The van der Waals surface area contributed by atoms with E-state index in [9.17, 15) is 15.0 Å². The largest absolute Gasteiger partial charge is 0.391 e. The molecule has 3 saturated heterocycles. The second kappa shape index (κ2) is 10.4. The summed E-state index contributed by atoms with van der Waals surface area (Å²) >= 11 is 1.55. The number of aliphatic hydroxyl groups is 2. The van der Waals surface area contributed by atoms with Crippen molar-refractivity contribution in [2.24, 2.45) is 0 Å². The van der Waals surface area contributed by atoms with Gasteiger partial charge in [-0.25, -0.2) is 9.97 Å². The summed E-state index contributed by atoms with van der Waals surface area (Å²) < 4.78 is 6.36. The molecule has 12 heteroatoms. The number of rotatable bonds is 5. The van der Waals surface area contributed by atoms with Crippen LogP contribution in [0.3, 0.4) is 0 Å². The van der Waals surface area contributed by atoms with Crippen LogP contribution in [0.2, 0.25) is 0 Å². The number of hydrogen-bond acceptors (Lipinski definition) is 11. The van der Waals surface area contributed by atoms with Crippen LogP contribution in [0.15, 0.2) is 24.3 Å². The average Bonchev–Trinajstić information content (AvgIpc) is 3.55. The van der Waals surface area contributed by atoms with Gasteiger partial charge in [-0.1, -0.05) is 17.4 Å². The van der Waals surface area contributed by atoms with E-state index in [0.29, 0.717) is 67.9 Å². The predicted octanol–water partition coefficient (Wildman–Crippen LogP) is 1.71. The summed E-state index contributed by atoms with van der Waals surface area (Å²) in [5.41, 5.74) is 1.50. The van der Waals surface area contributed by atoms with Crippen LogP contribution >= 0.6 is 11.3 Å². The van der Waals surface area contributed by atoms with Gasteiger partial charge in [-0.05, 0) is 37.5 Å². The number of aliphatic hydroxyl groups excluding tert-OH is 2. The van der Waals surface area contributed by atoms with E-state index in [2.05, 4.69) is 15.2 Å². The molecule has 37 heavy (non-hydrogen) atoms. The van der Waals surface area contributed by atoms with Crippen molar-refractivity contribution in [1.29, 1.82) is 0 Å². The van der Waals surface area contributed by atoms with E-state index in [-0.39, 0.29) is 12.0 Å². The van der Waals surface area contributed by atoms with Crippen LogP contribution in [0.5, 0.6) is 0 Å². The number of nitrogens with zero attached hydrogens (tertiary/aromatic N) is 6. The second-order valence-electron chi connectivity index (χ2n) is 9.74. The molecule has 0 bridgehead atoms. The molecule has 11 nitrogen and oxygen atoms in total. The molecule has 196 valence electrons. The molecule has 3 aliphatic rings. The molecular formula is C25H31N7O4S. The Hall–Kier alpha value is -3.06. The van der Waals surface area contributed by atoms with E-state index in [1.165, 1.54) is 0 Å². The van der Waals surface area contributed by atoms with Crippen molar-refractivity contribution in [3.8, 4) is 0 Å². The van der Waals surface area contributed by atoms with Crippen molar-refractivity contribution < 1.29 is 19.7 Å². The standard InChI is InChI=1S/C25H31N7O4S/c33-16-3-2-7-32(15-16)23-19(13-20-22(28-23)29-25(37-20)30-9-11-36-12-10-30)27-24(35)18-4-1-5-21(26-18)31-8-6-17(34)14-31/h1,4-5,13,16-17,33-34H,2-3,6-12,14-15H2,(H,27,35)/t16-,17+/m1/s1. The first-order valence-electron chi connectivity index (χ1n) is 12.8. The molecule has 0 saturated carbocycles. The third-order valence-corrected chi connectivity index (χ3v) is 8.08. The van der Waals surface area contributed by atoms with Crippen LogP contribution in [0.1, 0.15) is 29.8 Å². The lowest BCUT2D eigenvalue weighted by Crippen LogP contribution is -2.39. The molecule has 3 fully saturated rings. The second-order valence-corrected chi connectivity index (χ2v) is 10.8. The fourth-order valence-electron chi connectivity index (χ4n) is 5.07. The predicted molar refractivity (Wildman–Crippen MR) is 143 cm³/mol. The van der Waals surface area contributed by atoms with E-state index < -0.39 is 6.10 Å². The van der Waals surface area contributed by atoms with Crippen LogP contribution in [0.4, 0.5) is 22.5 Å². The van der Waals surface area contributed by atoms with Crippen molar-refractivity contribution >= 4 is 50.0 Å². The quantitative estimate of drug-likeness (QED) is 0.453. The molecule has 0 spiro atoms. The minimum atomic E-state index is -0.441. The Bertz CT molecular complexity index is 1280. The summed E-state index contributed by atoms with van der Waals surface area (Å²) in [6.45, 7) is 5.31. The molecule has 0 unspecified atom stereocenters.